The first-order valence-corrected chi connectivity index (χ1v) is 13.3. The molecule has 206 valence electrons. The van der Waals surface area contributed by atoms with Gasteiger partial charge in [-0.15, -0.1) is 0 Å². The van der Waals surface area contributed by atoms with E-state index < -0.39 is 11.7 Å². The molecule has 1 aromatic carbocycles. The molecule has 6 nitrogen and oxygen atoms in total. The van der Waals surface area contributed by atoms with E-state index in [1.807, 2.05) is 6.07 Å². The fourth-order valence-electron chi connectivity index (χ4n) is 5.75. The molecule has 0 unspecified atom stereocenters. The number of rotatable bonds is 8. The largest absolute Gasteiger partial charge is 0.469 e. The smallest absolute Gasteiger partial charge is 0.416 e. The van der Waals surface area contributed by atoms with Gasteiger partial charge in [-0.3, -0.25) is 19.5 Å². The number of hydrogen-bond donors (Lipinski definition) is 1. The van der Waals surface area contributed by atoms with E-state index in [9.17, 15) is 22.8 Å². The number of fused-ring (bicyclic) bond motifs is 1. The summed E-state index contributed by atoms with van der Waals surface area (Å²) in [7, 11) is 1.41. The van der Waals surface area contributed by atoms with Crippen LogP contribution in [0, 0.1) is 17.8 Å². The maximum Gasteiger partial charge on any atom is 0.416 e. The van der Waals surface area contributed by atoms with Gasteiger partial charge in [0.2, 0.25) is 0 Å². The Hall–Kier alpha value is -2.94. The zero-order chi connectivity index (χ0) is 27.4. The number of nitrogens with one attached hydrogen (secondary N) is 1. The number of benzene rings is 1. The number of nitrogens with zero attached hydrogens (tertiary/aromatic N) is 2. The molecule has 2 heterocycles. The summed E-state index contributed by atoms with van der Waals surface area (Å²) in [6, 6.07) is 7.21. The number of halogens is 3. The highest BCUT2D eigenvalue weighted by molar-refractivity contribution is 5.94. The van der Waals surface area contributed by atoms with Crippen LogP contribution in [-0.2, 0) is 28.8 Å². The monoisotopic (exact) mass is 531 g/mol. The van der Waals surface area contributed by atoms with Gasteiger partial charge in [-0.1, -0.05) is 26.0 Å². The maximum atomic E-state index is 12.9. The predicted octanol–water partition coefficient (Wildman–Crippen LogP) is 5.91. The van der Waals surface area contributed by atoms with Gasteiger partial charge in [0.05, 0.1) is 30.0 Å². The number of ether oxygens (including phenoxy) is 1. The number of carbonyl (C=O) groups excluding carboxylic acids is 2. The summed E-state index contributed by atoms with van der Waals surface area (Å²) in [5.41, 5.74) is 2.56. The zero-order valence-corrected chi connectivity index (χ0v) is 22.2. The molecule has 0 bridgehead atoms. The summed E-state index contributed by atoms with van der Waals surface area (Å²) in [6.07, 6.45) is 1.59. The van der Waals surface area contributed by atoms with Crippen molar-refractivity contribution >= 4 is 11.9 Å². The highest BCUT2D eigenvalue weighted by atomic mass is 19.4. The number of esters is 1. The van der Waals surface area contributed by atoms with Gasteiger partial charge in [-0.2, -0.15) is 13.2 Å². The summed E-state index contributed by atoms with van der Waals surface area (Å²) >= 11 is 0. The number of carbonyl (C=O) groups is 2. The van der Waals surface area contributed by atoms with Crippen molar-refractivity contribution in [2.45, 2.75) is 71.3 Å². The van der Waals surface area contributed by atoms with Crippen molar-refractivity contribution in [3.63, 3.8) is 0 Å². The fraction of sp³-hybridized carbons (Fsp3) is 0.552. The second-order valence-electron chi connectivity index (χ2n) is 10.9. The zero-order valence-electron chi connectivity index (χ0n) is 22.2. The first-order valence-electron chi connectivity index (χ1n) is 13.3. The number of methoxy groups -OCH3 is 1. The lowest BCUT2D eigenvalue weighted by Crippen LogP contribution is -2.31. The van der Waals surface area contributed by atoms with Gasteiger partial charge < -0.3 is 10.1 Å². The molecule has 1 fully saturated rings. The predicted molar refractivity (Wildman–Crippen MR) is 137 cm³/mol. The van der Waals surface area contributed by atoms with Crippen LogP contribution in [0.5, 0.6) is 0 Å². The van der Waals surface area contributed by atoms with Gasteiger partial charge in [0.15, 0.2) is 0 Å². The van der Waals surface area contributed by atoms with Gasteiger partial charge in [0.1, 0.15) is 0 Å². The van der Waals surface area contributed by atoms with E-state index in [1.54, 1.807) is 6.20 Å². The number of pyridine rings is 1. The molecule has 4 rings (SSSR count). The molecule has 1 N–H and O–H groups in total. The second-order valence-corrected chi connectivity index (χ2v) is 10.9. The lowest BCUT2D eigenvalue weighted by atomic mass is 9.80. The van der Waals surface area contributed by atoms with Gasteiger partial charge in [-0.25, -0.2) is 0 Å². The summed E-state index contributed by atoms with van der Waals surface area (Å²) in [4.78, 5) is 31.3. The van der Waals surface area contributed by atoms with Crippen LogP contribution in [0.25, 0.3) is 0 Å². The van der Waals surface area contributed by atoms with E-state index in [-0.39, 0.29) is 23.8 Å². The average molecular weight is 532 g/mol. The summed E-state index contributed by atoms with van der Waals surface area (Å²) < 4.78 is 43.6. The minimum Gasteiger partial charge on any atom is -0.469 e. The molecule has 1 saturated carbocycles. The van der Waals surface area contributed by atoms with Crippen molar-refractivity contribution in [3.05, 3.63) is 64.5 Å². The minimum atomic E-state index is -4.35. The highest BCUT2D eigenvalue weighted by Crippen LogP contribution is 2.39. The Bertz CT molecular complexity index is 1130. The molecule has 0 saturated heterocycles. The van der Waals surface area contributed by atoms with E-state index in [4.69, 9.17) is 4.74 Å². The third-order valence-corrected chi connectivity index (χ3v) is 7.81. The van der Waals surface area contributed by atoms with E-state index in [0.717, 1.165) is 54.6 Å². The molecule has 1 aromatic heterocycles. The molecule has 0 spiro atoms. The van der Waals surface area contributed by atoms with Crippen molar-refractivity contribution in [2.75, 3.05) is 13.7 Å². The lowest BCUT2D eigenvalue weighted by molar-refractivity contribution is -0.142. The molecular formula is C29H36F3N3O3. The third-order valence-electron chi connectivity index (χ3n) is 7.81. The lowest BCUT2D eigenvalue weighted by Gasteiger charge is -2.28. The molecule has 1 atom stereocenters. The van der Waals surface area contributed by atoms with Crippen LogP contribution in [0.15, 0.2) is 36.5 Å². The van der Waals surface area contributed by atoms with Crippen LogP contribution < -0.4 is 5.32 Å². The van der Waals surface area contributed by atoms with E-state index in [0.29, 0.717) is 43.5 Å². The Labute approximate surface area is 222 Å². The summed E-state index contributed by atoms with van der Waals surface area (Å²) in [5, 5.41) is 3.05. The minimum absolute atomic E-state index is 0.0181. The van der Waals surface area contributed by atoms with Gasteiger partial charge in [0, 0.05) is 32.3 Å². The fourth-order valence-corrected chi connectivity index (χ4v) is 5.75. The van der Waals surface area contributed by atoms with Crippen LogP contribution in [0.4, 0.5) is 13.2 Å². The van der Waals surface area contributed by atoms with Crippen molar-refractivity contribution in [1.82, 2.24) is 15.2 Å². The second kappa shape index (κ2) is 11.8. The Kier molecular flexibility index (Phi) is 8.75. The highest BCUT2D eigenvalue weighted by Gasteiger charge is 2.35. The molecule has 38 heavy (non-hydrogen) atoms. The van der Waals surface area contributed by atoms with Gasteiger partial charge in [-0.05, 0) is 72.8 Å². The topological polar surface area (TPSA) is 71.5 Å². The molecule has 9 heteroatoms. The van der Waals surface area contributed by atoms with E-state index in [2.05, 4.69) is 29.0 Å². The molecule has 1 aliphatic heterocycles. The van der Waals surface area contributed by atoms with Crippen molar-refractivity contribution in [2.24, 2.45) is 17.8 Å². The molecule has 1 amide bonds. The third kappa shape index (κ3) is 6.73. The Morgan fingerprint density at radius 1 is 1.11 bits per heavy atom. The van der Waals surface area contributed by atoms with Crippen LogP contribution in [0.3, 0.4) is 0 Å². The molecule has 1 aliphatic carbocycles. The van der Waals surface area contributed by atoms with Crippen LogP contribution >= 0.6 is 0 Å². The van der Waals surface area contributed by atoms with Gasteiger partial charge in [0.25, 0.3) is 5.91 Å². The quantitative estimate of drug-likeness (QED) is 0.429. The van der Waals surface area contributed by atoms with E-state index >= 15 is 0 Å². The number of alkyl halides is 3. The molecule has 2 aromatic rings. The van der Waals surface area contributed by atoms with Crippen molar-refractivity contribution in [3.8, 4) is 0 Å². The van der Waals surface area contributed by atoms with Crippen molar-refractivity contribution in [1.29, 1.82) is 0 Å². The summed E-state index contributed by atoms with van der Waals surface area (Å²) in [5.74, 6) is 0.671. The Balaban J connectivity index is 1.35. The van der Waals surface area contributed by atoms with Crippen LogP contribution in [0.1, 0.15) is 84.7 Å². The first-order chi connectivity index (χ1) is 18.0. The normalized spacial score (nSPS) is 21.8. The molecular weight excluding hydrogens is 495 g/mol. The maximum absolute atomic E-state index is 12.9. The first kappa shape index (κ1) is 28.1. The van der Waals surface area contributed by atoms with Gasteiger partial charge >= 0.3 is 12.1 Å². The number of hydrogen-bond acceptors (Lipinski definition) is 5. The number of amides is 1. The van der Waals surface area contributed by atoms with Crippen LogP contribution in [-0.4, -0.2) is 35.4 Å². The Morgan fingerprint density at radius 2 is 1.76 bits per heavy atom. The van der Waals surface area contributed by atoms with Crippen molar-refractivity contribution < 1.29 is 27.5 Å². The average Bonchev–Trinajstić information content (AvgIpc) is 3.25. The SMILES string of the molecule is COC(=O)CC1CCC(CNC(=O)c2cnc3c(c2)CN(Cc2ccc(C(F)(F)F)cc2)[C@H]3C(C)C)CC1. The van der Waals surface area contributed by atoms with Crippen LogP contribution in [0.2, 0.25) is 0 Å². The standard InChI is InChI=1S/C29H36F3N3O3/c1-18(2)27-26-23(17-35(27)16-21-8-10-24(11-9-21)29(30,31)32)13-22(15-33-26)28(37)34-14-20-6-4-19(5-7-20)12-25(36)38-3/h8-11,13,15,18-20,27H,4-7,12,14,16-17H2,1-3H3,(H,34,37)/t19?,20?,27-/m0/s1. The Morgan fingerprint density at radius 3 is 2.37 bits per heavy atom. The molecule has 0 radical (unpaired) electrons. The van der Waals surface area contributed by atoms with E-state index in [1.165, 1.54) is 19.2 Å². The summed E-state index contributed by atoms with van der Waals surface area (Å²) in [6.45, 7) is 5.87. The number of aromatic nitrogens is 1. The molecule has 2 aliphatic rings.